The van der Waals surface area contributed by atoms with Crippen LogP contribution in [0.3, 0.4) is 0 Å². The van der Waals surface area contributed by atoms with Gasteiger partial charge in [-0.15, -0.1) is 0 Å². The highest BCUT2D eigenvalue weighted by Crippen LogP contribution is 2.25. The van der Waals surface area contributed by atoms with Crippen LogP contribution in [-0.2, 0) is 0 Å². The fourth-order valence-electron chi connectivity index (χ4n) is 2.36. The summed E-state index contributed by atoms with van der Waals surface area (Å²) in [5.74, 6) is -0.945. The molecule has 0 amide bonds. The molecule has 0 radical (unpaired) electrons. The second-order valence-corrected chi connectivity index (χ2v) is 4.59. The number of nitrogens with zero attached hydrogens (tertiary/aromatic N) is 3. The second kappa shape index (κ2) is 4.77. The number of aromatic nitrogens is 3. The van der Waals surface area contributed by atoms with Crippen molar-refractivity contribution in [1.29, 1.82) is 0 Å². The van der Waals surface area contributed by atoms with E-state index >= 15 is 0 Å². The maximum Gasteiger partial charge on any atom is 0.337 e. The maximum atomic E-state index is 11.4. The highest BCUT2D eigenvalue weighted by molar-refractivity contribution is 6.01. The third-order valence-electron chi connectivity index (χ3n) is 3.43. The Kier molecular flexibility index (Phi) is 2.95. The minimum atomic E-state index is -0.945. The number of aromatic carboxylic acids is 1. The van der Waals surface area contributed by atoms with Gasteiger partial charge in [0.25, 0.3) is 0 Å². The van der Waals surface area contributed by atoms with Gasteiger partial charge in [0.05, 0.1) is 29.0 Å². The van der Waals surface area contributed by atoms with Crippen molar-refractivity contribution in [1.82, 2.24) is 14.5 Å². The summed E-state index contributed by atoms with van der Waals surface area (Å²) >= 11 is 0. The molecule has 2 aromatic heterocycles. The number of para-hydroxylation sites is 1. The quantitative estimate of drug-likeness (QED) is 0.792. The average Bonchev–Trinajstić information content (AvgIpc) is 2.91. The Balaban J connectivity index is 2.20. The predicted molar refractivity (Wildman–Crippen MR) is 74.7 cm³/mol. The van der Waals surface area contributed by atoms with Crippen LogP contribution in [0.1, 0.15) is 28.9 Å². The van der Waals surface area contributed by atoms with Crippen LogP contribution in [0.25, 0.3) is 11.0 Å². The molecule has 0 aliphatic heterocycles. The third kappa shape index (κ3) is 1.93. The molecule has 0 bridgehead atoms. The summed E-state index contributed by atoms with van der Waals surface area (Å²) in [6, 6.07) is 8.95. The topological polar surface area (TPSA) is 68.0 Å². The molecule has 0 fully saturated rings. The molecule has 0 spiro atoms. The number of hydrogen-bond acceptors (Lipinski definition) is 3. The number of hydrogen-bond donors (Lipinski definition) is 1. The monoisotopic (exact) mass is 267 g/mol. The van der Waals surface area contributed by atoms with E-state index in [1.165, 1.54) is 0 Å². The summed E-state index contributed by atoms with van der Waals surface area (Å²) in [6.45, 7) is 2.01. The summed E-state index contributed by atoms with van der Waals surface area (Å²) in [6.07, 6.45) is 5.13. The van der Waals surface area contributed by atoms with Gasteiger partial charge in [-0.05, 0) is 36.8 Å². The Morgan fingerprint density at radius 2 is 2.00 bits per heavy atom. The Morgan fingerprint density at radius 3 is 2.70 bits per heavy atom. The number of carboxylic acid groups (broad SMARTS) is 1. The maximum absolute atomic E-state index is 11.4. The van der Waals surface area contributed by atoms with E-state index in [0.29, 0.717) is 11.0 Å². The van der Waals surface area contributed by atoms with E-state index in [0.717, 1.165) is 5.56 Å². The lowest BCUT2D eigenvalue weighted by molar-refractivity contribution is 0.0698. The highest BCUT2D eigenvalue weighted by Gasteiger charge is 2.17. The van der Waals surface area contributed by atoms with Gasteiger partial charge >= 0.3 is 5.97 Å². The molecule has 3 rings (SSSR count). The molecule has 1 N–H and O–H groups in total. The molecule has 5 heteroatoms. The zero-order chi connectivity index (χ0) is 14.1. The predicted octanol–water partition coefficient (Wildman–Crippen LogP) is 2.74. The molecule has 100 valence electrons. The summed E-state index contributed by atoms with van der Waals surface area (Å²) in [7, 11) is 0. The number of benzene rings is 1. The normalized spacial score (nSPS) is 12.4. The van der Waals surface area contributed by atoms with Gasteiger partial charge in [-0.3, -0.25) is 4.98 Å². The van der Waals surface area contributed by atoms with E-state index in [4.69, 9.17) is 0 Å². The fourth-order valence-corrected chi connectivity index (χ4v) is 2.36. The van der Waals surface area contributed by atoms with E-state index < -0.39 is 5.97 Å². The van der Waals surface area contributed by atoms with Crippen molar-refractivity contribution >= 4 is 17.0 Å². The van der Waals surface area contributed by atoms with Crippen LogP contribution in [0.5, 0.6) is 0 Å². The molecular formula is C15H13N3O2. The zero-order valence-electron chi connectivity index (χ0n) is 10.9. The van der Waals surface area contributed by atoms with Crippen molar-refractivity contribution in [2.45, 2.75) is 13.0 Å². The van der Waals surface area contributed by atoms with E-state index in [1.807, 2.05) is 29.7 Å². The number of carboxylic acids is 1. The van der Waals surface area contributed by atoms with Crippen LogP contribution in [0.4, 0.5) is 0 Å². The van der Waals surface area contributed by atoms with Gasteiger partial charge in [0, 0.05) is 12.4 Å². The van der Waals surface area contributed by atoms with Crippen LogP contribution >= 0.6 is 0 Å². The first kappa shape index (κ1) is 12.3. The molecular weight excluding hydrogens is 254 g/mol. The Bertz CT molecular complexity index is 765. The molecule has 0 aliphatic carbocycles. The highest BCUT2D eigenvalue weighted by atomic mass is 16.4. The number of fused-ring (bicyclic) bond motifs is 1. The smallest absolute Gasteiger partial charge is 0.337 e. The molecule has 1 aromatic carbocycles. The van der Waals surface area contributed by atoms with Gasteiger partial charge in [-0.25, -0.2) is 9.78 Å². The minimum absolute atomic E-state index is 0.0106. The van der Waals surface area contributed by atoms with Crippen LogP contribution in [0, 0.1) is 0 Å². The van der Waals surface area contributed by atoms with Crippen molar-refractivity contribution in [3.63, 3.8) is 0 Å². The summed E-state index contributed by atoms with van der Waals surface area (Å²) in [5.41, 5.74) is 2.65. The zero-order valence-corrected chi connectivity index (χ0v) is 10.9. The van der Waals surface area contributed by atoms with E-state index in [-0.39, 0.29) is 11.6 Å². The van der Waals surface area contributed by atoms with Gasteiger partial charge < -0.3 is 9.67 Å². The largest absolute Gasteiger partial charge is 0.478 e. The lowest BCUT2D eigenvalue weighted by Crippen LogP contribution is -2.08. The third-order valence-corrected chi connectivity index (χ3v) is 3.43. The van der Waals surface area contributed by atoms with Crippen LogP contribution in [0.15, 0.2) is 49.1 Å². The second-order valence-electron chi connectivity index (χ2n) is 4.59. The number of imidazole rings is 1. The minimum Gasteiger partial charge on any atom is -0.478 e. The molecule has 0 saturated heterocycles. The van der Waals surface area contributed by atoms with E-state index in [9.17, 15) is 9.90 Å². The Morgan fingerprint density at radius 1 is 1.25 bits per heavy atom. The van der Waals surface area contributed by atoms with Crippen molar-refractivity contribution < 1.29 is 9.90 Å². The average molecular weight is 267 g/mol. The molecule has 3 aromatic rings. The van der Waals surface area contributed by atoms with Crippen LogP contribution in [0.2, 0.25) is 0 Å². The van der Waals surface area contributed by atoms with E-state index in [2.05, 4.69) is 9.97 Å². The number of pyridine rings is 1. The van der Waals surface area contributed by atoms with Crippen LogP contribution in [-0.4, -0.2) is 25.6 Å². The Labute approximate surface area is 115 Å². The fraction of sp³-hybridized carbons (Fsp3) is 0.133. The SMILES string of the molecule is CC(c1ccncc1)n1cnc2cccc(C(=O)O)c21. The van der Waals surface area contributed by atoms with Crippen molar-refractivity contribution in [2.24, 2.45) is 0 Å². The number of carbonyl (C=O) groups is 1. The molecule has 1 unspecified atom stereocenters. The molecule has 1 atom stereocenters. The van der Waals surface area contributed by atoms with Gasteiger partial charge in [0.2, 0.25) is 0 Å². The van der Waals surface area contributed by atoms with Gasteiger partial charge in [0.15, 0.2) is 0 Å². The van der Waals surface area contributed by atoms with Crippen molar-refractivity contribution in [2.75, 3.05) is 0 Å². The van der Waals surface area contributed by atoms with Crippen LogP contribution < -0.4 is 0 Å². The first-order chi connectivity index (χ1) is 9.68. The van der Waals surface area contributed by atoms with Crippen molar-refractivity contribution in [3.8, 4) is 0 Å². The first-order valence-electron chi connectivity index (χ1n) is 6.27. The van der Waals surface area contributed by atoms with Gasteiger partial charge in [-0.2, -0.15) is 0 Å². The number of rotatable bonds is 3. The molecule has 20 heavy (non-hydrogen) atoms. The Hall–Kier alpha value is -2.69. The standard InChI is InChI=1S/C15H13N3O2/c1-10(11-5-7-16-8-6-11)18-9-17-13-4-2-3-12(14(13)18)15(19)20/h2-10H,1H3,(H,19,20). The summed E-state index contributed by atoms with van der Waals surface area (Å²) < 4.78 is 1.88. The lowest BCUT2D eigenvalue weighted by atomic mass is 10.1. The van der Waals surface area contributed by atoms with Gasteiger partial charge in [-0.1, -0.05) is 6.07 Å². The van der Waals surface area contributed by atoms with Crippen molar-refractivity contribution in [3.05, 3.63) is 60.2 Å². The molecule has 0 saturated carbocycles. The lowest BCUT2D eigenvalue weighted by Gasteiger charge is -2.15. The van der Waals surface area contributed by atoms with E-state index in [1.54, 1.807) is 30.9 Å². The molecule has 2 heterocycles. The van der Waals surface area contributed by atoms with Gasteiger partial charge in [0.1, 0.15) is 0 Å². The first-order valence-corrected chi connectivity index (χ1v) is 6.27. The molecule has 0 aliphatic rings. The summed E-state index contributed by atoms with van der Waals surface area (Å²) in [4.78, 5) is 19.7. The molecule has 5 nitrogen and oxygen atoms in total. The summed E-state index contributed by atoms with van der Waals surface area (Å²) in [5, 5.41) is 9.33.